The SMILES string of the molecule is COc1cc(C(F)(F)F)cc2c1c(N[C@@H]1C[C@H]1F)nc(=O)n2-c1ccccc1. The average Bonchev–Trinajstić information content (AvgIpc) is 3.35. The molecule has 1 aliphatic rings. The third-order valence-corrected chi connectivity index (χ3v) is 4.55. The maximum atomic E-state index is 13.4. The molecule has 0 unspecified atom stereocenters. The number of benzene rings is 2. The summed E-state index contributed by atoms with van der Waals surface area (Å²) in [4.78, 5) is 16.7. The lowest BCUT2D eigenvalue weighted by molar-refractivity contribution is -0.137. The summed E-state index contributed by atoms with van der Waals surface area (Å²) in [5, 5.41) is 2.98. The summed E-state index contributed by atoms with van der Waals surface area (Å²) in [6, 6.07) is 9.38. The van der Waals surface area contributed by atoms with E-state index < -0.39 is 29.6 Å². The Balaban J connectivity index is 2.07. The normalized spacial score (nSPS) is 18.9. The Bertz CT molecular complexity index is 1100. The minimum absolute atomic E-state index is 0.00269. The van der Waals surface area contributed by atoms with E-state index in [4.69, 9.17) is 4.74 Å². The summed E-state index contributed by atoms with van der Waals surface area (Å²) in [5.41, 5.74) is -1.42. The summed E-state index contributed by atoms with van der Waals surface area (Å²) in [6.45, 7) is 0. The molecule has 9 heteroatoms. The standard InChI is InChI=1S/C19H15F4N3O2/c1-28-15-8-10(19(21,22)23)7-14-16(15)17(24-13-9-12(13)20)25-18(27)26(14)11-5-3-2-4-6-11/h2-8,12-13H,9H2,1H3,(H,24,25,27)/t12-,13-/m1/s1. The van der Waals surface area contributed by atoms with E-state index in [0.29, 0.717) is 5.69 Å². The van der Waals surface area contributed by atoms with Gasteiger partial charge in [0.25, 0.3) is 0 Å². The molecule has 28 heavy (non-hydrogen) atoms. The van der Waals surface area contributed by atoms with E-state index in [2.05, 4.69) is 10.3 Å². The monoisotopic (exact) mass is 393 g/mol. The van der Waals surface area contributed by atoms with Gasteiger partial charge in [0.05, 0.1) is 35.3 Å². The molecule has 2 atom stereocenters. The zero-order valence-electron chi connectivity index (χ0n) is 14.6. The highest BCUT2D eigenvalue weighted by atomic mass is 19.4. The first-order chi connectivity index (χ1) is 13.3. The number of halogens is 4. The van der Waals surface area contributed by atoms with Gasteiger partial charge in [0.2, 0.25) is 0 Å². The van der Waals surface area contributed by atoms with E-state index in [0.717, 1.165) is 16.7 Å². The van der Waals surface area contributed by atoms with Crippen LogP contribution in [0.4, 0.5) is 23.4 Å². The molecule has 0 aliphatic heterocycles. The topological polar surface area (TPSA) is 56.1 Å². The number of anilines is 1. The van der Waals surface area contributed by atoms with Gasteiger partial charge in [-0.15, -0.1) is 0 Å². The molecule has 0 radical (unpaired) electrons. The Labute approximate surface area is 156 Å². The lowest BCUT2D eigenvalue weighted by Gasteiger charge is -2.18. The molecule has 0 bridgehead atoms. The van der Waals surface area contributed by atoms with Crippen molar-refractivity contribution in [3.63, 3.8) is 0 Å². The third-order valence-electron chi connectivity index (χ3n) is 4.55. The van der Waals surface area contributed by atoms with E-state index >= 15 is 0 Å². The Kier molecular flexibility index (Phi) is 4.24. The van der Waals surface area contributed by atoms with Gasteiger partial charge in [-0.2, -0.15) is 18.2 Å². The van der Waals surface area contributed by atoms with Crippen LogP contribution in [-0.2, 0) is 6.18 Å². The van der Waals surface area contributed by atoms with E-state index in [1.54, 1.807) is 30.3 Å². The van der Waals surface area contributed by atoms with E-state index in [1.165, 1.54) is 7.11 Å². The van der Waals surface area contributed by atoms with Crippen LogP contribution in [0.3, 0.4) is 0 Å². The number of para-hydroxylation sites is 1. The van der Waals surface area contributed by atoms with Gasteiger partial charge in [-0.1, -0.05) is 18.2 Å². The predicted molar refractivity (Wildman–Crippen MR) is 95.8 cm³/mol. The number of hydrogen-bond donors (Lipinski definition) is 1. The number of nitrogens with zero attached hydrogens (tertiary/aromatic N) is 2. The molecule has 0 amide bonds. The average molecular weight is 393 g/mol. The molecule has 1 saturated carbocycles. The number of fused-ring (bicyclic) bond motifs is 1. The van der Waals surface area contributed by atoms with Gasteiger partial charge in [0.15, 0.2) is 0 Å². The first-order valence-corrected chi connectivity index (χ1v) is 8.47. The molecule has 5 nitrogen and oxygen atoms in total. The molecular formula is C19H15F4N3O2. The molecule has 0 saturated heterocycles. The highest BCUT2D eigenvalue weighted by Gasteiger charge is 2.39. The second kappa shape index (κ2) is 6.50. The van der Waals surface area contributed by atoms with Crippen molar-refractivity contribution in [3.8, 4) is 11.4 Å². The van der Waals surface area contributed by atoms with Crippen LogP contribution in [-0.4, -0.2) is 28.9 Å². The van der Waals surface area contributed by atoms with Gasteiger partial charge >= 0.3 is 11.9 Å². The first kappa shape index (κ1) is 18.3. The van der Waals surface area contributed by atoms with E-state index in [9.17, 15) is 22.4 Å². The van der Waals surface area contributed by atoms with Crippen molar-refractivity contribution in [2.45, 2.75) is 24.8 Å². The quantitative estimate of drug-likeness (QED) is 0.683. The fraction of sp³-hybridized carbons (Fsp3) is 0.263. The maximum Gasteiger partial charge on any atom is 0.416 e. The molecule has 1 aliphatic carbocycles. The van der Waals surface area contributed by atoms with Crippen LogP contribution in [0.1, 0.15) is 12.0 Å². The molecule has 146 valence electrons. The number of methoxy groups -OCH3 is 1. The van der Waals surface area contributed by atoms with Crippen LogP contribution < -0.4 is 15.7 Å². The third kappa shape index (κ3) is 3.17. The molecule has 1 heterocycles. The van der Waals surface area contributed by atoms with Crippen molar-refractivity contribution in [2.24, 2.45) is 0 Å². The minimum Gasteiger partial charge on any atom is -0.496 e. The van der Waals surface area contributed by atoms with Crippen LogP contribution in [0, 0.1) is 0 Å². The summed E-state index contributed by atoms with van der Waals surface area (Å²) in [5.74, 6) is -0.108. The second-order valence-electron chi connectivity index (χ2n) is 6.49. The van der Waals surface area contributed by atoms with Gasteiger partial charge in [0.1, 0.15) is 17.7 Å². The summed E-state index contributed by atoms with van der Waals surface area (Å²) in [7, 11) is 1.23. The molecule has 1 fully saturated rings. The summed E-state index contributed by atoms with van der Waals surface area (Å²) >= 11 is 0. The number of ether oxygens (including phenoxy) is 1. The van der Waals surface area contributed by atoms with Gasteiger partial charge < -0.3 is 10.1 Å². The highest BCUT2D eigenvalue weighted by molar-refractivity contribution is 5.96. The second-order valence-corrected chi connectivity index (χ2v) is 6.49. The zero-order chi connectivity index (χ0) is 20.1. The molecule has 3 aromatic rings. The van der Waals surface area contributed by atoms with Crippen LogP contribution in [0.5, 0.6) is 5.75 Å². The Hall–Kier alpha value is -3.10. The highest BCUT2D eigenvalue weighted by Crippen LogP contribution is 2.40. The van der Waals surface area contributed by atoms with Crippen molar-refractivity contribution in [3.05, 3.63) is 58.5 Å². The minimum atomic E-state index is -4.64. The number of aromatic nitrogens is 2. The molecular weight excluding hydrogens is 378 g/mol. The number of hydrogen-bond acceptors (Lipinski definition) is 4. The van der Waals surface area contributed by atoms with Crippen LogP contribution in [0.2, 0.25) is 0 Å². The van der Waals surface area contributed by atoms with E-state index in [1.807, 2.05) is 0 Å². The number of rotatable bonds is 4. The molecule has 1 N–H and O–H groups in total. The van der Waals surface area contributed by atoms with Gasteiger partial charge in [0, 0.05) is 6.42 Å². The smallest absolute Gasteiger partial charge is 0.416 e. The Morgan fingerprint density at radius 3 is 2.46 bits per heavy atom. The Morgan fingerprint density at radius 1 is 1.21 bits per heavy atom. The van der Waals surface area contributed by atoms with Crippen LogP contribution in [0.25, 0.3) is 16.6 Å². The molecule has 0 spiro atoms. The van der Waals surface area contributed by atoms with Gasteiger partial charge in [-0.25, -0.2) is 9.18 Å². The van der Waals surface area contributed by atoms with Crippen molar-refractivity contribution >= 4 is 16.7 Å². The van der Waals surface area contributed by atoms with Crippen molar-refractivity contribution < 1.29 is 22.3 Å². The number of alkyl halides is 4. The number of nitrogens with one attached hydrogen (secondary N) is 1. The zero-order valence-corrected chi connectivity index (χ0v) is 14.6. The molecule has 1 aromatic heterocycles. The predicted octanol–water partition coefficient (Wildman–Crippen LogP) is 3.94. The van der Waals surface area contributed by atoms with E-state index in [-0.39, 0.29) is 28.9 Å². The van der Waals surface area contributed by atoms with Gasteiger partial charge in [-0.05, 0) is 24.3 Å². The van der Waals surface area contributed by atoms with Crippen molar-refractivity contribution in [1.29, 1.82) is 0 Å². The van der Waals surface area contributed by atoms with Crippen LogP contribution in [0.15, 0.2) is 47.3 Å². The Morgan fingerprint density at radius 2 is 1.89 bits per heavy atom. The molecule has 4 rings (SSSR count). The van der Waals surface area contributed by atoms with Gasteiger partial charge in [-0.3, -0.25) is 4.57 Å². The fourth-order valence-electron chi connectivity index (χ4n) is 3.06. The van der Waals surface area contributed by atoms with Crippen molar-refractivity contribution in [2.75, 3.05) is 12.4 Å². The largest absolute Gasteiger partial charge is 0.496 e. The summed E-state index contributed by atoms with van der Waals surface area (Å²) < 4.78 is 59.9. The molecule has 2 aromatic carbocycles. The fourth-order valence-corrected chi connectivity index (χ4v) is 3.06. The lowest BCUT2D eigenvalue weighted by atomic mass is 10.1. The van der Waals surface area contributed by atoms with Crippen LogP contribution >= 0.6 is 0 Å². The maximum absolute atomic E-state index is 13.4. The lowest BCUT2D eigenvalue weighted by Crippen LogP contribution is -2.25. The first-order valence-electron chi connectivity index (χ1n) is 8.47. The van der Waals surface area contributed by atoms with Crippen molar-refractivity contribution in [1.82, 2.24) is 9.55 Å². The summed E-state index contributed by atoms with van der Waals surface area (Å²) in [6.07, 6.45) is -5.49.